The van der Waals surface area contributed by atoms with E-state index in [1.807, 2.05) is 0 Å². The molecule has 0 unspecified atom stereocenters. The first kappa shape index (κ1) is 20.1. The first-order valence-electron chi connectivity index (χ1n) is 8.15. The molecule has 0 spiro atoms. The summed E-state index contributed by atoms with van der Waals surface area (Å²) in [7, 11) is -3.74. The highest BCUT2D eigenvalue weighted by Crippen LogP contribution is 2.32. The van der Waals surface area contributed by atoms with E-state index >= 15 is 0 Å². The molecular weight excluding hydrogens is 413 g/mol. The lowest BCUT2D eigenvalue weighted by Crippen LogP contribution is -2.40. The van der Waals surface area contributed by atoms with Gasteiger partial charge in [0.05, 0.1) is 28.7 Å². The van der Waals surface area contributed by atoms with Crippen molar-refractivity contribution in [2.24, 2.45) is 0 Å². The molecule has 1 aliphatic rings. The van der Waals surface area contributed by atoms with E-state index in [1.54, 1.807) is 25.1 Å². The largest absolute Gasteiger partial charge is 0.421 e. The zero-order chi connectivity index (χ0) is 19.6. The minimum Gasteiger partial charge on any atom is -0.421 e. The first-order valence-corrected chi connectivity index (χ1v) is 10.3. The van der Waals surface area contributed by atoms with Crippen LogP contribution < -0.4 is 4.74 Å². The van der Waals surface area contributed by atoms with E-state index in [4.69, 9.17) is 32.7 Å². The van der Waals surface area contributed by atoms with Crippen molar-refractivity contribution in [3.63, 3.8) is 0 Å². The van der Waals surface area contributed by atoms with Gasteiger partial charge in [-0.3, -0.25) is 0 Å². The fourth-order valence-corrected chi connectivity index (χ4v) is 4.64. The van der Waals surface area contributed by atoms with E-state index in [0.717, 1.165) is 0 Å². The van der Waals surface area contributed by atoms with Crippen molar-refractivity contribution >= 4 is 39.2 Å². The Balaban J connectivity index is 1.90. The molecule has 1 heterocycles. The van der Waals surface area contributed by atoms with Crippen LogP contribution in [0.1, 0.15) is 15.9 Å². The molecule has 0 N–H and O–H groups in total. The Morgan fingerprint density at radius 2 is 1.85 bits per heavy atom. The van der Waals surface area contributed by atoms with Crippen molar-refractivity contribution in [2.75, 3.05) is 26.3 Å². The highest BCUT2D eigenvalue weighted by molar-refractivity contribution is 7.89. The summed E-state index contributed by atoms with van der Waals surface area (Å²) in [5, 5.41) is 0.363. The van der Waals surface area contributed by atoms with Gasteiger partial charge in [0.25, 0.3) is 0 Å². The number of esters is 1. The van der Waals surface area contributed by atoms with Crippen molar-refractivity contribution in [1.29, 1.82) is 0 Å². The van der Waals surface area contributed by atoms with Gasteiger partial charge in [-0.25, -0.2) is 13.2 Å². The number of benzene rings is 2. The van der Waals surface area contributed by atoms with Crippen molar-refractivity contribution in [3.8, 4) is 5.75 Å². The molecular formula is C18H17Cl2NO5S. The molecule has 0 radical (unpaired) electrons. The maximum Gasteiger partial charge on any atom is 0.343 e. The van der Waals surface area contributed by atoms with Crippen molar-refractivity contribution < 1.29 is 22.7 Å². The predicted octanol–water partition coefficient (Wildman–Crippen LogP) is 3.54. The van der Waals surface area contributed by atoms with Gasteiger partial charge in [0.1, 0.15) is 5.02 Å². The zero-order valence-corrected chi connectivity index (χ0v) is 16.8. The van der Waals surface area contributed by atoms with Crippen LogP contribution in [0, 0.1) is 6.92 Å². The Morgan fingerprint density at radius 3 is 2.56 bits per heavy atom. The lowest BCUT2D eigenvalue weighted by Gasteiger charge is -2.26. The number of morpholine rings is 1. The van der Waals surface area contributed by atoms with E-state index in [9.17, 15) is 13.2 Å². The van der Waals surface area contributed by atoms with Crippen LogP contribution in [0.25, 0.3) is 0 Å². The van der Waals surface area contributed by atoms with Gasteiger partial charge in [-0.2, -0.15) is 4.31 Å². The van der Waals surface area contributed by atoms with E-state index < -0.39 is 16.0 Å². The third-order valence-electron chi connectivity index (χ3n) is 4.13. The Morgan fingerprint density at radius 1 is 1.15 bits per heavy atom. The summed E-state index contributed by atoms with van der Waals surface area (Å²) in [6, 6.07) is 9.07. The van der Waals surface area contributed by atoms with Gasteiger partial charge >= 0.3 is 5.97 Å². The molecule has 2 aromatic rings. The van der Waals surface area contributed by atoms with Gasteiger partial charge in [-0.15, -0.1) is 0 Å². The van der Waals surface area contributed by atoms with Gasteiger partial charge < -0.3 is 9.47 Å². The number of halogens is 2. The lowest BCUT2D eigenvalue weighted by atomic mass is 10.1. The summed E-state index contributed by atoms with van der Waals surface area (Å²) in [5.74, 6) is -0.620. The average Bonchev–Trinajstić information content (AvgIpc) is 2.66. The molecule has 0 amide bonds. The van der Waals surface area contributed by atoms with Crippen molar-refractivity contribution in [3.05, 3.63) is 57.6 Å². The Kier molecular flexibility index (Phi) is 6.08. The molecule has 0 atom stereocenters. The van der Waals surface area contributed by atoms with Crippen molar-refractivity contribution in [2.45, 2.75) is 11.8 Å². The lowest BCUT2D eigenvalue weighted by molar-refractivity contribution is 0.0727. The molecule has 6 nitrogen and oxygen atoms in total. The molecule has 2 aromatic carbocycles. The van der Waals surface area contributed by atoms with Gasteiger partial charge in [0.15, 0.2) is 5.75 Å². The molecule has 1 saturated heterocycles. The molecule has 0 aliphatic carbocycles. The number of sulfonamides is 1. The topological polar surface area (TPSA) is 72.9 Å². The molecule has 27 heavy (non-hydrogen) atoms. The first-order chi connectivity index (χ1) is 12.8. The number of carbonyl (C=O) groups excluding carboxylic acids is 1. The standard InChI is InChI=1S/C18H17Cl2NO5S/c1-12-5-6-13(18(22)26-15-4-2-3-14(19)17(15)20)11-16(12)27(23,24)21-7-9-25-10-8-21/h2-6,11H,7-10H2,1H3. The second kappa shape index (κ2) is 8.16. The van der Waals surface area contributed by atoms with E-state index in [1.165, 1.54) is 22.5 Å². The van der Waals surface area contributed by atoms with Gasteiger partial charge in [0, 0.05) is 13.1 Å². The van der Waals surface area contributed by atoms with Gasteiger partial charge in [0.2, 0.25) is 10.0 Å². The van der Waals surface area contributed by atoms with Crippen LogP contribution in [0.3, 0.4) is 0 Å². The Bertz CT molecular complexity index is 972. The average molecular weight is 430 g/mol. The summed E-state index contributed by atoms with van der Waals surface area (Å²) >= 11 is 11.9. The maximum atomic E-state index is 12.9. The minimum absolute atomic E-state index is 0.0658. The third-order valence-corrected chi connectivity index (χ3v) is 6.97. The predicted molar refractivity (Wildman–Crippen MR) is 102 cm³/mol. The Hall–Kier alpha value is -1.64. The number of ether oxygens (including phenoxy) is 2. The van der Waals surface area contributed by atoms with Crippen LogP contribution >= 0.6 is 23.2 Å². The van der Waals surface area contributed by atoms with Crippen LogP contribution in [0.2, 0.25) is 10.0 Å². The molecule has 9 heteroatoms. The zero-order valence-electron chi connectivity index (χ0n) is 14.4. The molecule has 144 valence electrons. The van der Waals surface area contributed by atoms with E-state index in [2.05, 4.69) is 0 Å². The van der Waals surface area contributed by atoms with Gasteiger partial charge in [-0.05, 0) is 36.8 Å². The number of carbonyl (C=O) groups is 1. The summed E-state index contributed by atoms with van der Waals surface area (Å²) in [4.78, 5) is 12.6. The second-order valence-corrected chi connectivity index (χ2v) is 8.63. The highest BCUT2D eigenvalue weighted by Gasteiger charge is 2.28. The molecule has 0 aromatic heterocycles. The number of rotatable bonds is 4. The van der Waals surface area contributed by atoms with E-state index in [0.29, 0.717) is 18.8 Å². The van der Waals surface area contributed by atoms with Crippen LogP contribution in [0.4, 0.5) is 0 Å². The number of nitrogens with zero attached hydrogens (tertiary/aromatic N) is 1. The Labute approximate surface area is 167 Å². The quantitative estimate of drug-likeness (QED) is 0.548. The SMILES string of the molecule is Cc1ccc(C(=O)Oc2cccc(Cl)c2Cl)cc1S(=O)(=O)N1CCOCC1. The van der Waals surface area contributed by atoms with Crippen LogP contribution in [-0.4, -0.2) is 45.0 Å². The normalized spacial score (nSPS) is 15.5. The monoisotopic (exact) mass is 429 g/mol. The number of hydrogen-bond donors (Lipinski definition) is 0. The number of aryl methyl sites for hydroxylation is 1. The maximum absolute atomic E-state index is 12.9. The molecule has 0 bridgehead atoms. The highest BCUT2D eigenvalue weighted by atomic mass is 35.5. The van der Waals surface area contributed by atoms with Gasteiger partial charge in [-0.1, -0.05) is 35.3 Å². The van der Waals surface area contributed by atoms with Crippen LogP contribution in [-0.2, 0) is 14.8 Å². The van der Waals surface area contributed by atoms with Crippen LogP contribution in [0.15, 0.2) is 41.3 Å². The smallest absolute Gasteiger partial charge is 0.343 e. The number of hydrogen-bond acceptors (Lipinski definition) is 5. The molecule has 1 aliphatic heterocycles. The molecule has 3 rings (SSSR count). The molecule has 1 fully saturated rings. The van der Waals surface area contributed by atoms with E-state index in [-0.39, 0.29) is 39.3 Å². The summed E-state index contributed by atoms with van der Waals surface area (Å²) in [6.45, 7) is 2.90. The molecule has 0 saturated carbocycles. The van der Waals surface area contributed by atoms with Crippen LogP contribution in [0.5, 0.6) is 5.75 Å². The fraction of sp³-hybridized carbons (Fsp3) is 0.278. The minimum atomic E-state index is -3.74. The third kappa shape index (κ3) is 4.28. The fourth-order valence-electron chi connectivity index (χ4n) is 2.65. The summed E-state index contributed by atoms with van der Waals surface area (Å²) in [5.41, 5.74) is 0.641. The summed E-state index contributed by atoms with van der Waals surface area (Å²) in [6.07, 6.45) is 0. The second-order valence-electron chi connectivity index (χ2n) is 5.94. The summed E-state index contributed by atoms with van der Waals surface area (Å²) < 4.78 is 37.7. The van der Waals surface area contributed by atoms with Crippen molar-refractivity contribution in [1.82, 2.24) is 4.31 Å².